The van der Waals surface area contributed by atoms with Crippen molar-refractivity contribution >= 4 is 40.0 Å². The Hall–Kier alpha value is -2.88. The lowest BCUT2D eigenvalue weighted by atomic mass is 9.43. The maximum Gasteiger partial charge on any atom is 0.402 e. The Kier molecular flexibility index (Phi) is 12.0. The second kappa shape index (κ2) is 15.0. The van der Waals surface area contributed by atoms with Gasteiger partial charge in [-0.2, -0.15) is 17.2 Å². The molecule has 4 saturated carbocycles. The largest absolute Gasteiger partial charge is 0.463 e. The molecule has 0 radical (unpaired) electrons. The molecule has 284 valence electrons. The first-order chi connectivity index (χ1) is 23.1. The summed E-state index contributed by atoms with van der Waals surface area (Å²) in [5.74, 6) is -3.12. The van der Waals surface area contributed by atoms with Crippen LogP contribution in [0.1, 0.15) is 99.3 Å². The third-order valence-corrected chi connectivity index (χ3v) is 13.2. The zero-order chi connectivity index (χ0) is 37.4. The predicted octanol–water partition coefficient (Wildman–Crippen LogP) is 4.64. The van der Waals surface area contributed by atoms with Gasteiger partial charge < -0.3 is 23.7 Å². The van der Waals surface area contributed by atoms with Crippen molar-refractivity contribution in [2.45, 2.75) is 123 Å². The standard InChI is InChI=1S/C34H50F2O13S/c1-18(7-10-29(40)45-16-30(41)46-17-34(35,36)50(42,43)44)24-8-9-25-31-26(15-28(33(24,25)6)49-21(4)39)32(5)12-11-23(47-19(2)37)13-22(32)14-27(31)48-20(3)38/h18,22-28,31H,7-17H2,1-6H3,(H,42,43,44)/t18-,22+,23?,24-,25+,26+,27?,28?,31+,32?,33-/m1/s1. The Balaban J connectivity index is 1.48. The van der Waals surface area contributed by atoms with Gasteiger partial charge in [0.25, 0.3) is 0 Å². The van der Waals surface area contributed by atoms with Crippen LogP contribution < -0.4 is 0 Å². The van der Waals surface area contributed by atoms with Crippen molar-refractivity contribution in [3.63, 3.8) is 0 Å². The second-order valence-electron chi connectivity index (χ2n) is 15.2. The van der Waals surface area contributed by atoms with Crippen LogP contribution in [-0.2, 0) is 57.8 Å². The van der Waals surface area contributed by atoms with E-state index in [0.717, 1.165) is 25.7 Å². The monoisotopic (exact) mass is 736 g/mol. The minimum Gasteiger partial charge on any atom is -0.463 e. The third kappa shape index (κ3) is 8.26. The summed E-state index contributed by atoms with van der Waals surface area (Å²) in [6, 6.07) is 0. The normalized spacial score (nSPS) is 35.7. The molecule has 0 spiro atoms. The molecule has 1 N–H and O–H groups in total. The molecule has 0 aromatic carbocycles. The van der Waals surface area contributed by atoms with Crippen LogP contribution >= 0.6 is 0 Å². The Morgan fingerprint density at radius 2 is 1.50 bits per heavy atom. The lowest BCUT2D eigenvalue weighted by Crippen LogP contribution is -2.63. The molecule has 11 atom stereocenters. The van der Waals surface area contributed by atoms with Crippen molar-refractivity contribution < 1.29 is 69.4 Å². The van der Waals surface area contributed by atoms with Crippen molar-refractivity contribution in [3.8, 4) is 0 Å². The van der Waals surface area contributed by atoms with E-state index in [-0.39, 0.29) is 71.5 Å². The molecule has 4 rings (SSSR count). The van der Waals surface area contributed by atoms with Crippen LogP contribution in [0.4, 0.5) is 8.78 Å². The maximum atomic E-state index is 13.3. The van der Waals surface area contributed by atoms with Gasteiger partial charge in [0, 0.05) is 38.5 Å². The van der Waals surface area contributed by atoms with E-state index < -0.39 is 58.0 Å². The van der Waals surface area contributed by atoms with Crippen LogP contribution in [0.3, 0.4) is 0 Å². The molecule has 0 bridgehead atoms. The molecule has 0 aliphatic heterocycles. The Morgan fingerprint density at radius 3 is 2.10 bits per heavy atom. The van der Waals surface area contributed by atoms with E-state index in [4.69, 9.17) is 23.5 Å². The number of rotatable bonds is 12. The molecule has 0 amide bonds. The number of hydrogen-bond donors (Lipinski definition) is 1. The highest BCUT2D eigenvalue weighted by molar-refractivity contribution is 7.86. The minimum atomic E-state index is -5.79. The van der Waals surface area contributed by atoms with Gasteiger partial charge in [-0.25, -0.2) is 4.79 Å². The summed E-state index contributed by atoms with van der Waals surface area (Å²) in [4.78, 5) is 61.1. The van der Waals surface area contributed by atoms with Crippen molar-refractivity contribution in [1.82, 2.24) is 0 Å². The fourth-order valence-corrected chi connectivity index (χ4v) is 10.4. The molecule has 4 unspecified atom stereocenters. The topological polar surface area (TPSA) is 186 Å². The Morgan fingerprint density at radius 1 is 0.860 bits per heavy atom. The number of carbonyl (C=O) groups is 5. The number of halogens is 2. The van der Waals surface area contributed by atoms with Gasteiger partial charge in [-0.3, -0.25) is 23.7 Å². The molecule has 4 aliphatic rings. The van der Waals surface area contributed by atoms with Crippen LogP contribution in [-0.4, -0.2) is 79.6 Å². The van der Waals surface area contributed by atoms with Gasteiger partial charge in [0.2, 0.25) is 0 Å². The van der Waals surface area contributed by atoms with Crippen LogP contribution in [0.15, 0.2) is 0 Å². The molecule has 0 saturated heterocycles. The van der Waals surface area contributed by atoms with Crippen LogP contribution in [0.5, 0.6) is 0 Å². The summed E-state index contributed by atoms with van der Waals surface area (Å²) in [6.07, 6.45) is 4.20. The molecular formula is C34H50F2O13S. The molecule has 4 aliphatic carbocycles. The number of fused-ring (bicyclic) bond motifs is 5. The summed E-state index contributed by atoms with van der Waals surface area (Å²) < 4.78 is 83.4. The van der Waals surface area contributed by atoms with Crippen molar-refractivity contribution in [3.05, 3.63) is 0 Å². The summed E-state index contributed by atoms with van der Waals surface area (Å²) >= 11 is 0. The zero-order valence-corrected chi connectivity index (χ0v) is 30.3. The van der Waals surface area contributed by atoms with Crippen LogP contribution in [0, 0.1) is 46.3 Å². The number of esters is 5. The molecule has 4 fully saturated rings. The van der Waals surface area contributed by atoms with E-state index in [1.807, 2.05) is 6.92 Å². The Labute approximate surface area is 291 Å². The number of ether oxygens (including phenoxy) is 5. The smallest absolute Gasteiger partial charge is 0.402 e. The molecule has 13 nitrogen and oxygen atoms in total. The fraction of sp³-hybridized carbons (Fsp3) is 0.853. The van der Waals surface area contributed by atoms with E-state index in [0.29, 0.717) is 25.7 Å². The molecule has 0 heterocycles. The zero-order valence-electron chi connectivity index (χ0n) is 29.5. The lowest BCUT2D eigenvalue weighted by Gasteiger charge is -2.64. The molecule has 0 aromatic rings. The fourth-order valence-electron chi connectivity index (χ4n) is 10.2. The SMILES string of the molecule is CC(=O)OC1CCC2(C)[C@@H](C1)CC(OC(C)=O)[C@@H]1[C@@H]2CC(OC(C)=O)[C@]2(C)[C@@H]([C@H](C)CCC(=O)OCC(=O)OCC(F)(F)S(=O)(=O)O)CC[C@@H]12. The molecular weight excluding hydrogens is 686 g/mol. The second-order valence-corrected chi connectivity index (χ2v) is 16.8. The number of alkyl halides is 2. The van der Waals surface area contributed by atoms with Gasteiger partial charge in [-0.1, -0.05) is 20.8 Å². The van der Waals surface area contributed by atoms with Gasteiger partial charge in [0.05, 0.1) is 0 Å². The van der Waals surface area contributed by atoms with Crippen molar-refractivity contribution in [1.29, 1.82) is 0 Å². The van der Waals surface area contributed by atoms with Gasteiger partial charge >= 0.3 is 45.2 Å². The van der Waals surface area contributed by atoms with E-state index in [1.165, 1.54) is 20.8 Å². The van der Waals surface area contributed by atoms with Crippen LogP contribution in [0.25, 0.3) is 0 Å². The lowest BCUT2D eigenvalue weighted by molar-refractivity contribution is -0.224. The van der Waals surface area contributed by atoms with Crippen molar-refractivity contribution in [2.75, 3.05) is 13.2 Å². The number of hydrogen-bond acceptors (Lipinski definition) is 12. The van der Waals surface area contributed by atoms with Crippen LogP contribution in [0.2, 0.25) is 0 Å². The van der Waals surface area contributed by atoms with E-state index in [2.05, 4.69) is 18.6 Å². The first-order valence-corrected chi connectivity index (χ1v) is 18.7. The predicted molar refractivity (Wildman–Crippen MR) is 169 cm³/mol. The first kappa shape index (κ1) is 39.9. The summed E-state index contributed by atoms with van der Waals surface area (Å²) in [5, 5.41) is -4.71. The first-order valence-electron chi connectivity index (χ1n) is 17.3. The molecule has 16 heteroatoms. The average Bonchev–Trinajstić information content (AvgIpc) is 3.35. The minimum absolute atomic E-state index is 0.00133. The summed E-state index contributed by atoms with van der Waals surface area (Å²) in [6.45, 7) is 7.64. The highest BCUT2D eigenvalue weighted by Gasteiger charge is 2.67. The van der Waals surface area contributed by atoms with Gasteiger partial charge in [-0.15, -0.1) is 0 Å². The highest BCUT2D eigenvalue weighted by atomic mass is 32.2. The molecule has 0 aromatic heterocycles. The average molecular weight is 737 g/mol. The van der Waals surface area contributed by atoms with Gasteiger partial charge in [0.15, 0.2) is 13.2 Å². The quantitative estimate of drug-likeness (QED) is 0.166. The van der Waals surface area contributed by atoms with E-state index in [1.54, 1.807) is 0 Å². The summed E-state index contributed by atoms with van der Waals surface area (Å²) in [7, 11) is -5.79. The summed E-state index contributed by atoms with van der Waals surface area (Å²) in [5.41, 5.74) is -0.677. The van der Waals surface area contributed by atoms with Gasteiger partial charge in [0.1, 0.15) is 18.3 Å². The Bertz CT molecular complexity index is 1440. The van der Waals surface area contributed by atoms with Gasteiger partial charge in [-0.05, 0) is 86.4 Å². The molecule has 50 heavy (non-hydrogen) atoms. The maximum absolute atomic E-state index is 13.3. The third-order valence-electron chi connectivity index (χ3n) is 12.3. The highest BCUT2D eigenvalue weighted by Crippen LogP contribution is 2.69. The number of carbonyl (C=O) groups excluding carboxylic acids is 5. The van der Waals surface area contributed by atoms with E-state index in [9.17, 15) is 41.2 Å². The van der Waals surface area contributed by atoms with E-state index >= 15 is 0 Å². The van der Waals surface area contributed by atoms with Crippen molar-refractivity contribution in [2.24, 2.45) is 46.3 Å².